The standard InChI is InChI=1S/C25H27F3N2O5/c1-24(2,12-22(32)33)14-29-21(31)11-20(25(26,27)28)30-23(34)35-13-19-17-9-5-3-7-15(17)16-8-4-6-10-18(16)19/h3-10,19-20H,11-14H2,1-2H3,(H,29,31)(H,30,34)(H,32,33). The highest BCUT2D eigenvalue weighted by atomic mass is 19.4. The van der Waals surface area contributed by atoms with Gasteiger partial charge in [-0.3, -0.25) is 9.59 Å². The van der Waals surface area contributed by atoms with Crippen LogP contribution >= 0.6 is 0 Å². The molecule has 2 aromatic rings. The van der Waals surface area contributed by atoms with Crippen LogP contribution in [0.25, 0.3) is 11.1 Å². The monoisotopic (exact) mass is 492 g/mol. The van der Waals surface area contributed by atoms with Crippen LogP contribution in [0, 0.1) is 5.41 Å². The second-order valence-electron chi connectivity index (χ2n) is 9.28. The van der Waals surface area contributed by atoms with Gasteiger partial charge in [0.25, 0.3) is 0 Å². The summed E-state index contributed by atoms with van der Waals surface area (Å²) in [6, 6.07) is 12.6. The Morgan fingerprint density at radius 1 is 1.00 bits per heavy atom. The van der Waals surface area contributed by atoms with Crippen LogP contribution in [0.4, 0.5) is 18.0 Å². The lowest BCUT2D eigenvalue weighted by atomic mass is 9.89. The number of carbonyl (C=O) groups is 3. The summed E-state index contributed by atoms with van der Waals surface area (Å²) in [6.45, 7) is 2.84. The number of hydrogen-bond donors (Lipinski definition) is 3. The van der Waals surface area contributed by atoms with Gasteiger partial charge in [-0.1, -0.05) is 62.4 Å². The summed E-state index contributed by atoms with van der Waals surface area (Å²) >= 11 is 0. The highest BCUT2D eigenvalue weighted by molar-refractivity contribution is 5.80. The molecule has 1 aliphatic rings. The number of ether oxygens (including phenoxy) is 1. The molecule has 0 heterocycles. The summed E-state index contributed by atoms with van der Waals surface area (Å²) < 4.78 is 45.6. The Morgan fingerprint density at radius 2 is 1.54 bits per heavy atom. The number of amides is 2. The number of benzene rings is 2. The van der Waals surface area contributed by atoms with Gasteiger partial charge in [0.1, 0.15) is 12.6 Å². The van der Waals surface area contributed by atoms with Crippen molar-refractivity contribution in [3.05, 3.63) is 59.7 Å². The van der Waals surface area contributed by atoms with E-state index < -0.39 is 42.0 Å². The van der Waals surface area contributed by atoms with Gasteiger partial charge in [0.2, 0.25) is 5.91 Å². The van der Waals surface area contributed by atoms with Crippen molar-refractivity contribution < 1.29 is 37.4 Å². The molecule has 188 valence electrons. The first-order valence-corrected chi connectivity index (χ1v) is 11.0. The number of alkyl halides is 3. The molecule has 2 aromatic carbocycles. The van der Waals surface area contributed by atoms with Gasteiger partial charge in [-0.2, -0.15) is 13.2 Å². The van der Waals surface area contributed by atoms with E-state index >= 15 is 0 Å². The third-order valence-electron chi connectivity index (χ3n) is 5.81. The third kappa shape index (κ3) is 6.74. The van der Waals surface area contributed by atoms with Gasteiger partial charge >= 0.3 is 18.2 Å². The van der Waals surface area contributed by atoms with Gasteiger partial charge < -0.3 is 20.5 Å². The summed E-state index contributed by atoms with van der Waals surface area (Å²) in [6.07, 6.45) is -7.50. The topological polar surface area (TPSA) is 105 Å². The van der Waals surface area contributed by atoms with E-state index in [1.807, 2.05) is 48.5 Å². The average Bonchev–Trinajstić information content (AvgIpc) is 3.08. The van der Waals surface area contributed by atoms with Crippen LogP contribution in [-0.2, 0) is 14.3 Å². The van der Waals surface area contributed by atoms with E-state index in [-0.39, 0.29) is 25.5 Å². The van der Waals surface area contributed by atoms with E-state index in [0.29, 0.717) is 0 Å². The summed E-state index contributed by atoms with van der Waals surface area (Å²) in [4.78, 5) is 35.2. The first-order chi connectivity index (χ1) is 16.4. The van der Waals surface area contributed by atoms with E-state index in [9.17, 15) is 27.6 Å². The SMILES string of the molecule is CC(C)(CNC(=O)CC(NC(=O)OCC1c2ccccc2-c2ccccc21)C(F)(F)F)CC(=O)O. The number of hydrogen-bond acceptors (Lipinski definition) is 4. The lowest BCUT2D eigenvalue weighted by Gasteiger charge is -2.25. The van der Waals surface area contributed by atoms with Crippen molar-refractivity contribution >= 4 is 18.0 Å². The van der Waals surface area contributed by atoms with Crippen LogP contribution in [0.2, 0.25) is 0 Å². The molecule has 0 aromatic heterocycles. The van der Waals surface area contributed by atoms with Gasteiger partial charge in [0.15, 0.2) is 0 Å². The zero-order chi connectivity index (χ0) is 25.8. The molecule has 0 spiro atoms. The molecule has 2 amide bonds. The number of halogens is 3. The van der Waals surface area contributed by atoms with E-state index in [1.54, 1.807) is 19.2 Å². The van der Waals surface area contributed by atoms with Gasteiger partial charge in [-0.05, 0) is 27.7 Å². The van der Waals surface area contributed by atoms with E-state index in [2.05, 4.69) is 5.32 Å². The maximum absolute atomic E-state index is 13.5. The minimum Gasteiger partial charge on any atom is -0.481 e. The number of aliphatic carboxylic acids is 1. The number of carboxylic acids is 1. The number of fused-ring (bicyclic) bond motifs is 3. The van der Waals surface area contributed by atoms with Crippen molar-refractivity contribution in [3.8, 4) is 11.1 Å². The van der Waals surface area contributed by atoms with E-state index in [0.717, 1.165) is 22.3 Å². The first kappa shape index (κ1) is 26.1. The predicted octanol–water partition coefficient (Wildman–Crippen LogP) is 4.46. The number of nitrogens with one attached hydrogen (secondary N) is 2. The summed E-state index contributed by atoms with van der Waals surface area (Å²) in [5.74, 6) is -2.38. The Morgan fingerprint density at radius 3 is 2.06 bits per heavy atom. The molecule has 0 aliphatic heterocycles. The highest BCUT2D eigenvalue weighted by Gasteiger charge is 2.42. The van der Waals surface area contributed by atoms with Crippen molar-refractivity contribution in [1.29, 1.82) is 0 Å². The number of carboxylic acid groups (broad SMARTS) is 1. The zero-order valence-corrected chi connectivity index (χ0v) is 19.3. The van der Waals surface area contributed by atoms with Gasteiger partial charge in [0, 0.05) is 12.5 Å². The molecule has 0 radical (unpaired) electrons. The smallest absolute Gasteiger partial charge is 0.409 e. The van der Waals surface area contributed by atoms with Crippen LogP contribution in [-0.4, -0.2) is 48.4 Å². The Kier molecular flexibility index (Phi) is 7.72. The molecular formula is C25H27F3N2O5. The number of alkyl carbamates (subject to hydrolysis) is 1. The summed E-state index contributed by atoms with van der Waals surface area (Å²) in [5.41, 5.74) is 2.94. The van der Waals surface area contributed by atoms with E-state index in [4.69, 9.17) is 9.84 Å². The number of rotatable bonds is 9. The lowest BCUT2D eigenvalue weighted by molar-refractivity contribution is -0.160. The lowest BCUT2D eigenvalue weighted by Crippen LogP contribution is -2.49. The van der Waals surface area contributed by atoms with Crippen LogP contribution in [0.1, 0.15) is 43.7 Å². The molecule has 1 atom stereocenters. The Bertz CT molecular complexity index is 1060. The second kappa shape index (κ2) is 10.4. The molecular weight excluding hydrogens is 465 g/mol. The molecule has 7 nitrogen and oxygen atoms in total. The fourth-order valence-electron chi connectivity index (χ4n) is 4.10. The van der Waals surface area contributed by atoms with Gasteiger partial charge in [-0.25, -0.2) is 4.79 Å². The molecule has 3 rings (SSSR count). The Balaban J connectivity index is 1.60. The van der Waals surface area contributed by atoms with Crippen LogP contribution in [0.5, 0.6) is 0 Å². The summed E-state index contributed by atoms with van der Waals surface area (Å²) in [5, 5.41) is 12.9. The fourth-order valence-corrected chi connectivity index (χ4v) is 4.10. The second-order valence-corrected chi connectivity index (χ2v) is 9.28. The van der Waals surface area contributed by atoms with Crippen LogP contribution < -0.4 is 10.6 Å². The van der Waals surface area contributed by atoms with Crippen LogP contribution in [0.15, 0.2) is 48.5 Å². The zero-order valence-electron chi connectivity index (χ0n) is 19.3. The molecule has 0 fully saturated rings. The predicted molar refractivity (Wildman–Crippen MR) is 122 cm³/mol. The molecule has 3 N–H and O–H groups in total. The molecule has 0 saturated heterocycles. The van der Waals surface area contributed by atoms with Crippen molar-refractivity contribution in [2.24, 2.45) is 5.41 Å². The first-order valence-electron chi connectivity index (χ1n) is 11.0. The molecule has 10 heteroatoms. The molecule has 1 aliphatic carbocycles. The Labute approximate surface area is 200 Å². The molecule has 0 saturated carbocycles. The van der Waals surface area contributed by atoms with Gasteiger partial charge in [0.05, 0.1) is 12.8 Å². The normalized spacial score (nSPS) is 14.0. The van der Waals surface area contributed by atoms with Crippen LogP contribution in [0.3, 0.4) is 0 Å². The molecule has 35 heavy (non-hydrogen) atoms. The third-order valence-corrected chi connectivity index (χ3v) is 5.81. The fraction of sp³-hybridized carbons (Fsp3) is 0.400. The van der Waals surface area contributed by atoms with Crippen molar-refractivity contribution in [3.63, 3.8) is 0 Å². The molecule has 1 unspecified atom stereocenters. The average molecular weight is 492 g/mol. The minimum atomic E-state index is -4.89. The van der Waals surface area contributed by atoms with Crippen molar-refractivity contribution in [2.45, 2.75) is 44.8 Å². The van der Waals surface area contributed by atoms with Crippen molar-refractivity contribution in [2.75, 3.05) is 13.2 Å². The largest absolute Gasteiger partial charge is 0.481 e. The Hall–Kier alpha value is -3.56. The molecule has 0 bridgehead atoms. The van der Waals surface area contributed by atoms with E-state index in [1.165, 1.54) is 0 Å². The maximum Gasteiger partial charge on any atom is 0.409 e. The number of carbonyl (C=O) groups excluding carboxylic acids is 2. The minimum absolute atomic E-state index is 0.131. The van der Waals surface area contributed by atoms with Gasteiger partial charge in [-0.15, -0.1) is 0 Å². The quantitative estimate of drug-likeness (QED) is 0.479. The maximum atomic E-state index is 13.5. The highest BCUT2D eigenvalue weighted by Crippen LogP contribution is 2.44. The van der Waals surface area contributed by atoms with Crippen molar-refractivity contribution in [1.82, 2.24) is 10.6 Å². The summed E-state index contributed by atoms with van der Waals surface area (Å²) in [7, 11) is 0.